The minimum absolute atomic E-state index is 0.0126. The van der Waals surface area contributed by atoms with E-state index in [4.69, 9.17) is 24.9 Å². The van der Waals surface area contributed by atoms with Crippen LogP contribution >= 0.6 is 8.38 Å². The van der Waals surface area contributed by atoms with Crippen molar-refractivity contribution in [2.45, 2.75) is 111 Å². The number of aromatic carboxylic acids is 1. The van der Waals surface area contributed by atoms with Crippen LogP contribution in [-0.4, -0.2) is 139 Å². The third-order valence-electron chi connectivity index (χ3n) is 15.4. The van der Waals surface area contributed by atoms with E-state index in [1.807, 2.05) is 31.0 Å². The predicted molar refractivity (Wildman–Crippen MR) is 290 cm³/mol. The molecule has 19 heteroatoms. The van der Waals surface area contributed by atoms with Gasteiger partial charge in [-0.25, -0.2) is 14.6 Å². The van der Waals surface area contributed by atoms with Gasteiger partial charge in [0.15, 0.2) is 14.1 Å². The third-order valence-corrected chi connectivity index (χ3v) is 16.1. The minimum atomic E-state index is -2.10. The summed E-state index contributed by atoms with van der Waals surface area (Å²) in [5.41, 5.74) is 10.9. The number of benzene rings is 2. The monoisotopic (exact) mass is 1040 g/mol. The highest BCUT2D eigenvalue weighted by atomic mass is 31.2. The van der Waals surface area contributed by atoms with Gasteiger partial charge in [-0.1, -0.05) is 58.0 Å². The number of aldehydes is 1. The highest BCUT2D eigenvalue weighted by molar-refractivity contribution is 7.45. The molecule has 2 heterocycles. The average Bonchev–Trinajstić information content (AvgIpc) is 3.52. The number of pyridine rings is 1. The summed E-state index contributed by atoms with van der Waals surface area (Å²) in [6.07, 6.45) is 7.95. The molecule has 3 aliphatic rings. The molecule has 1 aliphatic heterocycles. The van der Waals surface area contributed by atoms with Crippen molar-refractivity contribution in [2.24, 2.45) is 27.0 Å². The lowest BCUT2D eigenvalue weighted by atomic mass is 9.58. The number of carboxylic acids is 1. The summed E-state index contributed by atoms with van der Waals surface area (Å²) < 4.78 is 18.6. The van der Waals surface area contributed by atoms with Crippen LogP contribution in [0.15, 0.2) is 65.8 Å². The number of aromatic nitrogens is 1. The number of anilines is 2. The highest BCUT2D eigenvalue weighted by Gasteiger charge is 2.64. The molecule has 2 saturated carbocycles. The summed E-state index contributed by atoms with van der Waals surface area (Å²) in [4.78, 5) is 83.0. The van der Waals surface area contributed by atoms with Crippen LogP contribution < -0.4 is 26.6 Å². The van der Waals surface area contributed by atoms with Gasteiger partial charge in [0.05, 0.1) is 31.5 Å². The molecule has 0 radical (unpaired) electrons. The first-order valence-electron chi connectivity index (χ1n) is 25.8. The maximum absolute atomic E-state index is 13.3. The summed E-state index contributed by atoms with van der Waals surface area (Å²) in [6, 6.07) is 16.1. The van der Waals surface area contributed by atoms with Crippen molar-refractivity contribution in [3.63, 3.8) is 0 Å². The Bertz CT molecular complexity index is 2490. The Morgan fingerprint density at radius 1 is 0.973 bits per heavy atom. The van der Waals surface area contributed by atoms with E-state index in [0.29, 0.717) is 86.0 Å². The molecule has 74 heavy (non-hydrogen) atoms. The number of carbonyl (C=O) groups excluding carboxylic acids is 3. The molecule has 0 spiro atoms. The summed E-state index contributed by atoms with van der Waals surface area (Å²) in [5.74, 6) is -0.793. The van der Waals surface area contributed by atoms with Crippen LogP contribution in [0.5, 0.6) is 0 Å². The van der Waals surface area contributed by atoms with Gasteiger partial charge >= 0.3 is 12.1 Å². The van der Waals surface area contributed by atoms with E-state index >= 15 is 0 Å². The van der Waals surface area contributed by atoms with E-state index in [0.717, 1.165) is 61.6 Å². The quantitative estimate of drug-likeness (QED) is 0.0173. The van der Waals surface area contributed by atoms with E-state index in [1.54, 1.807) is 49.5 Å². The van der Waals surface area contributed by atoms with E-state index in [2.05, 4.69) is 48.6 Å². The molecule has 2 fully saturated rings. The van der Waals surface area contributed by atoms with Gasteiger partial charge in [0.1, 0.15) is 18.7 Å². The Kier molecular flexibility index (Phi) is 20.3. The second-order valence-corrected chi connectivity index (χ2v) is 22.7. The molecule has 4 unspecified atom stereocenters. The smallest absolute Gasteiger partial charge is 0.410 e. The lowest BCUT2D eigenvalue weighted by Gasteiger charge is -2.49. The number of aliphatic imine (C=N–C) groups is 1. The summed E-state index contributed by atoms with van der Waals surface area (Å²) in [6.45, 7) is 14.8. The molecule has 0 saturated heterocycles. The van der Waals surface area contributed by atoms with Crippen molar-refractivity contribution in [3.8, 4) is 0 Å². The lowest BCUT2D eigenvalue weighted by molar-refractivity contribution is -0.118. The van der Waals surface area contributed by atoms with Crippen molar-refractivity contribution in [2.75, 3.05) is 83.0 Å². The van der Waals surface area contributed by atoms with Gasteiger partial charge in [-0.15, -0.1) is 0 Å². The largest absolute Gasteiger partial charge is 0.476 e. The number of carboxylic acid groups (broad SMARTS) is 1. The fraction of sp³-hybridized carbons (Fsp3) is 0.564. The number of allylic oxidation sites excluding steroid dienone is 1. The summed E-state index contributed by atoms with van der Waals surface area (Å²) >= 11 is 0. The summed E-state index contributed by atoms with van der Waals surface area (Å²) in [5, 5.41) is 19.5. The maximum Gasteiger partial charge on any atom is 0.410 e. The van der Waals surface area contributed by atoms with Crippen molar-refractivity contribution >= 4 is 55.4 Å². The van der Waals surface area contributed by atoms with Crippen molar-refractivity contribution in [1.29, 1.82) is 0 Å². The Hall–Kier alpha value is -5.33. The number of fused-ring (bicyclic) bond motifs is 3. The molecule has 3 aromatic rings. The lowest BCUT2D eigenvalue weighted by Crippen LogP contribution is -2.46. The molecule has 2 amide bonds. The molecule has 404 valence electrons. The Labute approximate surface area is 437 Å². The standard InChI is InChI=1S/C55H79N8O10P/c1-38(44(29-56)43-18-19-47(61-48(43)50(66)67)63-23-20-40-11-8-12-41(31-64)45(40)30-63)59-37-53(4)34-54(5)36-55(35-53,33-52(54,2)3)73-27-26-71-25-24-62(22-10-28-74(69)70)51(68)72-32-39-14-16-42(17-15-39)60-49(65)46(58-7)13-9-21-57-6/h8,11-12,14-19,29,31,46,57-58,69-70H,9-10,13,20-28,30,32-37,56H2,1-7H3,(H,60,65)(H,66,67). The minimum Gasteiger partial charge on any atom is -0.476 e. The maximum atomic E-state index is 13.3. The normalized spacial score (nSPS) is 21.8. The molecule has 2 bridgehead atoms. The zero-order chi connectivity index (χ0) is 53.7. The first kappa shape index (κ1) is 57.9. The zero-order valence-corrected chi connectivity index (χ0v) is 45.3. The van der Waals surface area contributed by atoms with E-state index in [9.17, 15) is 34.1 Å². The molecular formula is C55H79N8O10P. The molecule has 2 aliphatic carbocycles. The fourth-order valence-electron chi connectivity index (χ4n) is 11.6. The van der Waals surface area contributed by atoms with Crippen molar-refractivity contribution < 1.29 is 48.3 Å². The van der Waals surface area contributed by atoms with Crippen LogP contribution in [0.1, 0.15) is 123 Å². The second-order valence-electron chi connectivity index (χ2n) is 21.5. The molecule has 2 aromatic carbocycles. The van der Waals surface area contributed by atoms with Gasteiger partial charge in [-0.05, 0) is 136 Å². The first-order valence-corrected chi connectivity index (χ1v) is 27.2. The fourth-order valence-corrected chi connectivity index (χ4v) is 12.0. The number of hydrogen-bond acceptors (Lipinski definition) is 15. The third kappa shape index (κ3) is 14.7. The molecule has 18 nitrogen and oxygen atoms in total. The van der Waals surface area contributed by atoms with Crippen molar-refractivity contribution in [3.05, 3.63) is 94.3 Å². The number of carbonyl (C=O) groups is 4. The second kappa shape index (κ2) is 25.9. The van der Waals surface area contributed by atoms with Gasteiger partial charge in [-0.3, -0.25) is 14.6 Å². The molecule has 6 rings (SSSR count). The van der Waals surface area contributed by atoms with Gasteiger partial charge in [0, 0.05) is 73.2 Å². The van der Waals surface area contributed by atoms with E-state index in [-0.39, 0.29) is 66.4 Å². The van der Waals surface area contributed by atoms with E-state index < -0.39 is 26.0 Å². The number of amides is 2. The first-order chi connectivity index (χ1) is 35.3. The van der Waals surface area contributed by atoms with Crippen LogP contribution in [-0.2, 0) is 38.6 Å². The van der Waals surface area contributed by atoms with Gasteiger partial charge < -0.3 is 60.6 Å². The molecule has 8 N–H and O–H groups in total. The molecule has 4 atom stereocenters. The Morgan fingerprint density at radius 2 is 1.74 bits per heavy atom. The Morgan fingerprint density at radius 3 is 2.43 bits per heavy atom. The number of likely N-dealkylation sites (N-methyl/N-ethyl adjacent to an activating group) is 1. The van der Waals surface area contributed by atoms with Crippen LogP contribution in [0, 0.1) is 16.2 Å². The zero-order valence-electron chi connectivity index (χ0n) is 44.4. The van der Waals surface area contributed by atoms with Crippen LogP contribution in [0.25, 0.3) is 5.57 Å². The number of ether oxygens (including phenoxy) is 3. The number of nitrogens with one attached hydrogen (secondary N) is 3. The SMILES string of the molecule is CNCCCC(NC)C(=O)Nc1ccc(COC(=O)N(CCCP(O)O)CCOCCOC23CC(C)(CN=C(C)C(=CN)c4ccc(N5CCc6cccc(C=O)c6C5)nc4C(=O)O)CC(C)(C2)C(C)(C)C3)cc1. The van der Waals surface area contributed by atoms with Gasteiger partial charge in [0.2, 0.25) is 5.91 Å². The van der Waals surface area contributed by atoms with Crippen LogP contribution in [0.3, 0.4) is 0 Å². The number of nitrogens with zero attached hydrogens (tertiary/aromatic N) is 4. The van der Waals surface area contributed by atoms with E-state index in [1.165, 1.54) is 11.1 Å². The van der Waals surface area contributed by atoms with Crippen LogP contribution in [0.2, 0.25) is 0 Å². The van der Waals surface area contributed by atoms with Gasteiger partial charge in [0.25, 0.3) is 0 Å². The number of hydrogen-bond donors (Lipinski definition) is 7. The topological polar surface area (TPSA) is 251 Å². The Balaban J connectivity index is 1.03. The van der Waals surface area contributed by atoms with Crippen LogP contribution in [0.4, 0.5) is 16.3 Å². The molecular weight excluding hydrogens is 964 g/mol. The summed E-state index contributed by atoms with van der Waals surface area (Å²) in [7, 11) is 1.54. The molecule has 1 aromatic heterocycles. The van der Waals surface area contributed by atoms with Crippen molar-refractivity contribution in [1.82, 2.24) is 20.5 Å². The number of rotatable bonds is 27. The van der Waals surface area contributed by atoms with Gasteiger partial charge in [-0.2, -0.15) is 0 Å². The number of nitrogens with two attached hydrogens (primary N) is 1. The average molecular weight is 1040 g/mol. The highest BCUT2D eigenvalue weighted by Crippen LogP contribution is 2.68. The predicted octanol–water partition coefficient (Wildman–Crippen LogP) is 7.17.